The van der Waals surface area contributed by atoms with Gasteiger partial charge < -0.3 is 14.2 Å². The Bertz CT molecular complexity index is 794. The Balaban J connectivity index is 1.56. The fraction of sp³-hybridized carbons (Fsp3) is 0.222. The maximum absolute atomic E-state index is 11.9. The van der Waals surface area contributed by atoms with Crippen LogP contribution in [0.5, 0.6) is 17.2 Å². The number of nitrogens with one attached hydrogen (secondary N) is 1. The number of hydrogen-bond acceptors (Lipinski definition) is 6. The summed E-state index contributed by atoms with van der Waals surface area (Å²) in [5.41, 5.74) is 3.23. The molecule has 0 spiro atoms. The number of hydrazone groups is 1. The van der Waals surface area contributed by atoms with E-state index >= 15 is 0 Å². The Morgan fingerprint density at radius 2 is 2.08 bits per heavy atom. The lowest BCUT2D eigenvalue weighted by Gasteiger charge is -2.20. The molecule has 1 amide bonds. The van der Waals surface area contributed by atoms with Crippen LogP contribution in [0.2, 0.25) is 5.02 Å². The van der Waals surface area contributed by atoms with Crippen LogP contribution in [0.4, 0.5) is 0 Å². The van der Waals surface area contributed by atoms with Crippen molar-refractivity contribution in [3.63, 3.8) is 0 Å². The van der Waals surface area contributed by atoms with Gasteiger partial charge in [-0.15, -0.1) is 11.8 Å². The van der Waals surface area contributed by atoms with Gasteiger partial charge in [0, 0.05) is 15.5 Å². The van der Waals surface area contributed by atoms with E-state index in [-0.39, 0.29) is 11.7 Å². The number of nitrogens with zero attached hydrogens (tertiary/aromatic N) is 1. The summed E-state index contributed by atoms with van der Waals surface area (Å²) in [4.78, 5) is 12.9. The molecular weight excluding hydrogens is 376 g/mol. The van der Waals surface area contributed by atoms with Crippen molar-refractivity contribution in [1.82, 2.24) is 5.43 Å². The molecule has 2 aromatic rings. The van der Waals surface area contributed by atoms with Gasteiger partial charge >= 0.3 is 0 Å². The number of thioether (sulfide) groups is 1. The summed E-state index contributed by atoms with van der Waals surface area (Å²) >= 11 is 7.24. The molecule has 0 fully saturated rings. The van der Waals surface area contributed by atoms with E-state index in [0.717, 1.165) is 10.5 Å². The summed E-state index contributed by atoms with van der Waals surface area (Å²) in [7, 11) is 1.56. The monoisotopic (exact) mass is 392 g/mol. The molecule has 1 N–H and O–H groups in total. The van der Waals surface area contributed by atoms with E-state index in [1.807, 2.05) is 12.1 Å². The number of halogens is 1. The zero-order valence-electron chi connectivity index (χ0n) is 14.0. The van der Waals surface area contributed by atoms with Crippen LogP contribution in [-0.4, -0.2) is 38.2 Å². The van der Waals surface area contributed by atoms with E-state index in [2.05, 4.69) is 10.5 Å². The van der Waals surface area contributed by atoms with Crippen molar-refractivity contribution < 1.29 is 19.0 Å². The highest BCUT2D eigenvalue weighted by atomic mass is 35.5. The average molecular weight is 393 g/mol. The highest BCUT2D eigenvalue weighted by Crippen LogP contribution is 2.39. The van der Waals surface area contributed by atoms with E-state index in [1.165, 1.54) is 18.0 Å². The number of amides is 1. The molecule has 2 aromatic carbocycles. The number of hydrogen-bond donors (Lipinski definition) is 1. The summed E-state index contributed by atoms with van der Waals surface area (Å²) in [5, 5.41) is 4.65. The predicted molar refractivity (Wildman–Crippen MR) is 102 cm³/mol. The number of benzene rings is 2. The zero-order chi connectivity index (χ0) is 18.4. The van der Waals surface area contributed by atoms with Gasteiger partial charge in [0.15, 0.2) is 11.5 Å². The van der Waals surface area contributed by atoms with Crippen molar-refractivity contribution in [3.05, 3.63) is 47.0 Å². The lowest BCUT2D eigenvalue weighted by atomic mass is 10.2. The second-order valence-corrected chi connectivity index (χ2v) is 6.77. The van der Waals surface area contributed by atoms with Crippen molar-refractivity contribution >= 4 is 35.5 Å². The first-order valence-electron chi connectivity index (χ1n) is 7.83. The predicted octanol–water partition coefficient (Wildman–Crippen LogP) is 3.36. The molecule has 0 atom stereocenters. The van der Waals surface area contributed by atoms with Crippen molar-refractivity contribution in [3.8, 4) is 17.2 Å². The summed E-state index contributed by atoms with van der Waals surface area (Å²) in [6, 6.07) is 10.9. The van der Waals surface area contributed by atoms with Gasteiger partial charge in [0.05, 0.1) is 19.1 Å². The van der Waals surface area contributed by atoms with Crippen LogP contribution in [0.15, 0.2) is 46.4 Å². The first-order chi connectivity index (χ1) is 12.7. The molecule has 0 saturated heterocycles. The first-order valence-corrected chi connectivity index (χ1v) is 9.20. The zero-order valence-corrected chi connectivity index (χ0v) is 15.6. The average Bonchev–Trinajstić information content (AvgIpc) is 2.67. The smallest absolute Gasteiger partial charge is 0.250 e. The number of carbonyl (C=O) groups excluding carboxylic acids is 1. The molecule has 0 radical (unpaired) electrons. The number of ether oxygens (including phenoxy) is 3. The molecule has 26 heavy (non-hydrogen) atoms. The van der Waals surface area contributed by atoms with Crippen LogP contribution in [0, 0.1) is 0 Å². The van der Waals surface area contributed by atoms with Crippen LogP contribution < -0.4 is 19.6 Å². The third kappa shape index (κ3) is 4.83. The molecule has 1 aliphatic rings. The standard InChI is InChI=1S/C18H17ClN2O4S/c1-23-15-8-12(9-16-18(15)25-7-6-24-16)10-20-21-17(22)11-26-14-4-2-13(19)3-5-14/h2-5,8-10H,6-7,11H2,1H3,(H,21,22)/b20-10-. The van der Waals surface area contributed by atoms with Gasteiger partial charge in [-0.25, -0.2) is 5.43 Å². The van der Waals surface area contributed by atoms with Crippen molar-refractivity contribution in [2.24, 2.45) is 5.10 Å². The largest absolute Gasteiger partial charge is 0.493 e. The van der Waals surface area contributed by atoms with Gasteiger partial charge in [-0.3, -0.25) is 4.79 Å². The third-order valence-corrected chi connectivity index (χ3v) is 4.70. The van der Waals surface area contributed by atoms with Crippen LogP contribution >= 0.6 is 23.4 Å². The SMILES string of the molecule is COc1cc(/C=N\NC(=O)CSc2ccc(Cl)cc2)cc2c1OCCO2. The fourth-order valence-electron chi connectivity index (χ4n) is 2.26. The summed E-state index contributed by atoms with van der Waals surface area (Å²) in [6.45, 7) is 0.966. The van der Waals surface area contributed by atoms with Crippen molar-refractivity contribution in [2.45, 2.75) is 4.90 Å². The molecule has 1 heterocycles. The lowest BCUT2D eigenvalue weighted by molar-refractivity contribution is -0.118. The molecule has 0 saturated carbocycles. The van der Waals surface area contributed by atoms with E-state index in [4.69, 9.17) is 25.8 Å². The summed E-state index contributed by atoms with van der Waals surface area (Å²) in [6.07, 6.45) is 1.53. The topological polar surface area (TPSA) is 69.2 Å². The quantitative estimate of drug-likeness (QED) is 0.463. The number of fused-ring (bicyclic) bond motifs is 1. The Kier molecular flexibility index (Phi) is 6.25. The van der Waals surface area contributed by atoms with Gasteiger partial charge in [0.1, 0.15) is 13.2 Å². The first kappa shape index (κ1) is 18.4. The lowest BCUT2D eigenvalue weighted by Crippen LogP contribution is -2.19. The molecule has 3 rings (SSSR count). The third-order valence-electron chi connectivity index (χ3n) is 3.44. The minimum atomic E-state index is -0.203. The Morgan fingerprint density at radius 3 is 2.85 bits per heavy atom. The van der Waals surface area contributed by atoms with Gasteiger partial charge in [0.25, 0.3) is 0 Å². The van der Waals surface area contributed by atoms with Crippen LogP contribution in [-0.2, 0) is 4.79 Å². The number of carbonyl (C=O) groups is 1. The van der Waals surface area contributed by atoms with Crippen molar-refractivity contribution in [2.75, 3.05) is 26.1 Å². The molecule has 0 bridgehead atoms. The highest BCUT2D eigenvalue weighted by Gasteiger charge is 2.17. The minimum absolute atomic E-state index is 0.203. The maximum Gasteiger partial charge on any atom is 0.250 e. The van der Waals surface area contributed by atoms with E-state index in [9.17, 15) is 4.79 Å². The Morgan fingerprint density at radius 1 is 1.31 bits per heavy atom. The van der Waals surface area contributed by atoms with Gasteiger partial charge in [-0.05, 0) is 36.4 Å². The molecule has 0 aliphatic carbocycles. The summed E-state index contributed by atoms with van der Waals surface area (Å²) in [5.74, 6) is 1.80. The van der Waals surface area contributed by atoms with Crippen LogP contribution in [0.1, 0.15) is 5.56 Å². The highest BCUT2D eigenvalue weighted by molar-refractivity contribution is 8.00. The minimum Gasteiger partial charge on any atom is -0.493 e. The molecular formula is C18H17ClN2O4S. The number of methoxy groups -OCH3 is 1. The van der Waals surface area contributed by atoms with Crippen LogP contribution in [0.3, 0.4) is 0 Å². The van der Waals surface area contributed by atoms with Gasteiger partial charge in [-0.1, -0.05) is 11.6 Å². The second-order valence-electron chi connectivity index (χ2n) is 5.28. The number of rotatable bonds is 6. The van der Waals surface area contributed by atoms with Crippen LogP contribution in [0.25, 0.3) is 0 Å². The molecule has 1 aliphatic heterocycles. The van der Waals surface area contributed by atoms with E-state index in [0.29, 0.717) is 35.5 Å². The normalized spacial score (nSPS) is 12.8. The van der Waals surface area contributed by atoms with E-state index < -0.39 is 0 Å². The Labute approximate surface area is 160 Å². The molecule has 136 valence electrons. The fourth-order valence-corrected chi connectivity index (χ4v) is 3.08. The second kappa shape index (κ2) is 8.82. The molecule has 0 unspecified atom stereocenters. The van der Waals surface area contributed by atoms with Gasteiger partial charge in [0.2, 0.25) is 11.7 Å². The Hall–Kier alpha value is -2.38. The van der Waals surface area contributed by atoms with Gasteiger partial charge in [-0.2, -0.15) is 5.10 Å². The molecule has 8 heteroatoms. The van der Waals surface area contributed by atoms with Crippen molar-refractivity contribution in [1.29, 1.82) is 0 Å². The molecule has 6 nitrogen and oxygen atoms in total. The summed E-state index contributed by atoms with van der Waals surface area (Å²) < 4.78 is 16.4. The molecule has 0 aromatic heterocycles. The van der Waals surface area contributed by atoms with E-state index in [1.54, 1.807) is 31.4 Å². The maximum atomic E-state index is 11.9.